The Labute approximate surface area is 96.8 Å². The minimum atomic E-state index is -2.93. The molecule has 0 aliphatic carbocycles. The van der Waals surface area contributed by atoms with Crippen molar-refractivity contribution in [1.82, 2.24) is 15.1 Å². The Morgan fingerprint density at radius 1 is 1.50 bits per heavy atom. The fraction of sp³-hybridized carbons (Fsp3) is 0.700. The standard InChI is InChI=1S/C10H19N3O2S/c1-8(7-16(4,14)15)12-9(2)10-5-6-11-13(10)3/h5-6,8-9,12H,7H2,1-4H3. The molecule has 0 bridgehead atoms. The number of aryl methyl sites for hydroxylation is 1. The summed E-state index contributed by atoms with van der Waals surface area (Å²) in [5.74, 6) is 0.148. The highest BCUT2D eigenvalue weighted by atomic mass is 32.2. The summed E-state index contributed by atoms with van der Waals surface area (Å²) >= 11 is 0. The molecule has 16 heavy (non-hydrogen) atoms. The van der Waals surface area contributed by atoms with Crippen molar-refractivity contribution in [2.24, 2.45) is 7.05 Å². The summed E-state index contributed by atoms with van der Waals surface area (Å²) in [6.45, 7) is 3.86. The molecule has 6 heteroatoms. The van der Waals surface area contributed by atoms with Gasteiger partial charge in [0.1, 0.15) is 9.84 Å². The van der Waals surface area contributed by atoms with Crippen LogP contribution in [0.4, 0.5) is 0 Å². The van der Waals surface area contributed by atoms with Gasteiger partial charge in [-0.05, 0) is 19.9 Å². The van der Waals surface area contributed by atoms with Crippen molar-refractivity contribution in [3.05, 3.63) is 18.0 Å². The Morgan fingerprint density at radius 2 is 2.12 bits per heavy atom. The molecule has 0 radical (unpaired) electrons. The Morgan fingerprint density at radius 3 is 2.56 bits per heavy atom. The van der Waals surface area contributed by atoms with Gasteiger partial charge in [-0.25, -0.2) is 8.42 Å². The highest BCUT2D eigenvalue weighted by Crippen LogP contribution is 2.11. The summed E-state index contributed by atoms with van der Waals surface area (Å²) in [5.41, 5.74) is 1.04. The maximum atomic E-state index is 11.1. The van der Waals surface area contributed by atoms with E-state index in [1.165, 1.54) is 6.26 Å². The van der Waals surface area contributed by atoms with Crippen molar-refractivity contribution in [1.29, 1.82) is 0 Å². The molecule has 92 valence electrons. The monoisotopic (exact) mass is 245 g/mol. The highest BCUT2D eigenvalue weighted by molar-refractivity contribution is 7.90. The lowest BCUT2D eigenvalue weighted by Gasteiger charge is -2.19. The van der Waals surface area contributed by atoms with Gasteiger partial charge in [-0.1, -0.05) is 0 Å². The minimum absolute atomic E-state index is 0.0695. The molecule has 0 amide bonds. The van der Waals surface area contributed by atoms with Crippen molar-refractivity contribution >= 4 is 9.84 Å². The molecule has 2 atom stereocenters. The van der Waals surface area contributed by atoms with Gasteiger partial charge in [0.25, 0.3) is 0 Å². The lowest BCUT2D eigenvalue weighted by molar-refractivity contribution is 0.476. The van der Waals surface area contributed by atoms with Crippen LogP contribution < -0.4 is 5.32 Å². The fourth-order valence-corrected chi connectivity index (χ4v) is 2.83. The smallest absolute Gasteiger partial charge is 0.148 e. The summed E-state index contributed by atoms with van der Waals surface area (Å²) in [4.78, 5) is 0. The van der Waals surface area contributed by atoms with Crippen LogP contribution in [0.5, 0.6) is 0 Å². The van der Waals surface area contributed by atoms with Gasteiger partial charge in [0.2, 0.25) is 0 Å². The zero-order valence-electron chi connectivity index (χ0n) is 10.1. The van der Waals surface area contributed by atoms with Gasteiger partial charge < -0.3 is 5.32 Å². The first-order valence-corrected chi connectivity index (χ1v) is 7.27. The number of aromatic nitrogens is 2. The van der Waals surface area contributed by atoms with E-state index in [9.17, 15) is 8.42 Å². The average molecular weight is 245 g/mol. The van der Waals surface area contributed by atoms with E-state index in [-0.39, 0.29) is 17.8 Å². The van der Waals surface area contributed by atoms with Crippen LogP contribution >= 0.6 is 0 Å². The minimum Gasteiger partial charge on any atom is -0.305 e. The van der Waals surface area contributed by atoms with Gasteiger partial charge in [-0.15, -0.1) is 0 Å². The molecule has 2 unspecified atom stereocenters. The maximum absolute atomic E-state index is 11.1. The molecule has 1 aromatic heterocycles. The fourth-order valence-electron chi connectivity index (χ4n) is 1.82. The van der Waals surface area contributed by atoms with Crippen molar-refractivity contribution in [2.45, 2.75) is 25.9 Å². The largest absolute Gasteiger partial charge is 0.305 e. The van der Waals surface area contributed by atoms with Crippen molar-refractivity contribution in [3.8, 4) is 0 Å². The first kappa shape index (κ1) is 13.2. The lowest BCUT2D eigenvalue weighted by atomic mass is 10.2. The Kier molecular flexibility index (Phi) is 4.09. The molecule has 0 fully saturated rings. The summed E-state index contributed by atoms with van der Waals surface area (Å²) in [6.07, 6.45) is 2.98. The number of nitrogens with zero attached hydrogens (tertiary/aromatic N) is 2. The van der Waals surface area contributed by atoms with Crippen LogP contribution in [0.2, 0.25) is 0 Å². The van der Waals surface area contributed by atoms with Crippen LogP contribution in [0.15, 0.2) is 12.3 Å². The number of hydrogen-bond donors (Lipinski definition) is 1. The molecule has 1 N–H and O–H groups in total. The van der Waals surface area contributed by atoms with E-state index in [2.05, 4.69) is 10.4 Å². The molecule has 0 saturated heterocycles. The van der Waals surface area contributed by atoms with Crippen LogP contribution in [0, 0.1) is 0 Å². The van der Waals surface area contributed by atoms with Gasteiger partial charge >= 0.3 is 0 Å². The van der Waals surface area contributed by atoms with Crippen molar-refractivity contribution in [3.63, 3.8) is 0 Å². The average Bonchev–Trinajstić information content (AvgIpc) is 2.47. The Hall–Kier alpha value is -0.880. The van der Waals surface area contributed by atoms with Crippen LogP contribution in [0.3, 0.4) is 0 Å². The van der Waals surface area contributed by atoms with Gasteiger partial charge in [-0.2, -0.15) is 5.10 Å². The molecular weight excluding hydrogens is 226 g/mol. The first-order valence-electron chi connectivity index (χ1n) is 5.21. The topological polar surface area (TPSA) is 64.0 Å². The molecule has 0 spiro atoms. The summed E-state index contributed by atoms with van der Waals surface area (Å²) < 4.78 is 24.0. The molecular formula is C10H19N3O2S. The van der Waals surface area contributed by atoms with Crippen LogP contribution in [-0.4, -0.2) is 36.2 Å². The third-order valence-electron chi connectivity index (χ3n) is 2.39. The van der Waals surface area contributed by atoms with E-state index >= 15 is 0 Å². The third kappa shape index (κ3) is 3.94. The molecule has 0 aromatic carbocycles. The molecule has 5 nitrogen and oxygen atoms in total. The Balaban J connectivity index is 2.59. The quantitative estimate of drug-likeness (QED) is 0.820. The first-order chi connectivity index (χ1) is 7.29. The zero-order valence-corrected chi connectivity index (χ0v) is 11.0. The second-order valence-electron chi connectivity index (χ2n) is 4.26. The van der Waals surface area contributed by atoms with Crippen LogP contribution in [0.1, 0.15) is 25.6 Å². The van der Waals surface area contributed by atoms with E-state index in [4.69, 9.17) is 0 Å². The molecule has 1 heterocycles. The van der Waals surface area contributed by atoms with E-state index in [0.717, 1.165) is 5.69 Å². The molecule has 0 aliphatic heterocycles. The summed E-state index contributed by atoms with van der Waals surface area (Å²) in [6, 6.07) is 1.94. The normalized spacial score (nSPS) is 16.0. The summed E-state index contributed by atoms with van der Waals surface area (Å²) in [7, 11) is -1.06. The number of hydrogen-bond acceptors (Lipinski definition) is 4. The number of rotatable bonds is 5. The predicted octanol–water partition coefficient (Wildman–Crippen LogP) is 0.504. The summed E-state index contributed by atoms with van der Waals surface area (Å²) in [5, 5.41) is 7.32. The van der Waals surface area contributed by atoms with Gasteiger partial charge in [-0.3, -0.25) is 4.68 Å². The van der Waals surface area contributed by atoms with Crippen LogP contribution in [-0.2, 0) is 16.9 Å². The van der Waals surface area contributed by atoms with E-state index in [1.807, 2.05) is 27.0 Å². The van der Waals surface area contributed by atoms with E-state index in [0.29, 0.717) is 0 Å². The molecule has 1 rings (SSSR count). The predicted molar refractivity (Wildman–Crippen MR) is 63.9 cm³/mol. The molecule has 0 saturated carbocycles. The Bertz CT molecular complexity index is 439. The highest BCUT2D eigenvalue weighted by Gasteiger charge is 2.15. The van der Waals surface area contributed by atoms with E-state index in [1.54, 1.807) is 10.9 Å². The SMILES string of the molecule is CC(CS(C)(=O)=O)NC(C)c1ccnn1C. The van der Waals surface area contributed by atoms with Gasteiger partial charge in [0, 0.05) is 31.6 Å². The number of sulfone groups is 1. The van der Waals surface area contributed by atoms with Gasteiger partial charge in [0.05, 0.1) is 11.4 Å². The van der Waals surface area contributed by atoms with E-state index < -0.39 is 9.84 Å². The second-order valence-corrected chi connectivity index (χ2v) is 6.45. The molecule has 1 aromatic rings. The maximum Gasteiger partial charge on any atom is 0.148 e. The van der Waals surface area contributed by atoms with Crippen LogP contribution in [0.25, 0.3) is 0 Å². The zero-order chi connectivity index (χ0) is 12.3. The molecule has 0 aliphatic rings. The number of nitrogens with one attached hydrogen (secondary N) is 1. The van der Waals surface area contributed by atoms with Crippen molar-refractivity contribution < 1.29 is 8.42 Å². The van der Waals surface area contributed by atoms with Gasteiger partial charge in [0.15, 0.2) is 0 Å². The van der Waals surface area contributed by atoms with Crippen molar-refractivity contribution in [2.75, 3.05) is 12.0 Å². The second kappa shape index (κ2) is 4.97. The third-order valence-corrected chi connectivity index (χ3v) is 3.50. The lowest BCUT2D eigenvalue weighted by Crippen LogP contribution is -2.35.